The third-order valence-electron chi connectivity index (χ3n) is 6.17. The van der Waals surface area contributed by atoms with Crippen LogP contribution in [0.1, 0.15) is 59.6 Å². The van der Waals surface area contributed by atoms with E-state index in [1.165, 1.54) is 41.0 Å². The fourth-order valence-corrected chi connectivity index (χ4v) is 6.02. The Balaban J connectivity index is 1.58. The minimum absolute atomic E-state index is 0.0430. The van der Waals surface area contributed by atoms with E-state index in [4.69, 9.17) is 33.0 Å². The second-order valence-electron chi connectivity index (χ2n) is 8.41. The van der Waals surface area contributed by atoms with Crippen molar-refractivity contribution in [2.45, 2.75) is 46.0 Å². The largest absolute Gasteiger partial charge is 0.459 e. The average molecular weight is 481 g/mol. The Labute approximate surface area is 199 Å². The Bertz CT molecular complexity index is 901. The normalized spacial score (nSPS) is 21.5. The first kappa shape index (κ1) is 24.3. The van der Waals surface area contributed by atoms with E-state index in [0.717, 1.165) is 18.4 Å². The van der Waals surface area contributed by atoms with Crippen LogP contribution in [0.25, 0.3) is 5.57 Å². The molecule has 1 heterocycles. The standard InChI is InChI=1S/C25H30Cl2O3S/c1-16-6-7-18(12-17(2)19-13-20(26)15-21(27)14-19)23(16)5-3-4-22-8-9-24(31-22)25(29)30-11-10-28/h8-9,12-16,18,23,28H,3-7,10-11H2,1-2H3/b17-12+/t16-,18-,23+/m1/s1. The fourth-order valence-electron chi connectivity index (χ4n) is 4.55. The Morgan fingerprint density at radius 2 is 1.97 bits per heavy atom. The summed E-state index contributed by atoms with van der Waals surface area (Å²) in [6, 6.07) is 9.56. The molecule has 1 aliphatic rings. The molecule has 0 amide bonds. The van der Waals surface area contributed by atoms with Crippen LogP contribution in [-0.4, -0.2) is 24.3 Å². The van der Waals surface area contributed by atoms with Crippen LogP contribution in [0.2, 0.25) is 10.0 Å². The molecule has 0 saturated heterocycles. The van der Waals surface area contributed by atoms with Crippen LogP contribution in [0.5, 0.6) is 0 Å². The van der Waals surface area contributed by atoms with Gasteiger partial charge < -0.3 is 9.84 Å². The van der Waals surface area contributed by atoms with Crippen molar-refractivity contribution in [3.05, 3.63) is 61.8 Å². The molecule has 168 valence electrons. The summed E-state index contributed by atoms with van der Waals surface area (Å²) in [5.41, 5.74) is 2.33. The van der Waals surface area contributed by atoms with Crippen molar-refractivity contribution in [2.75, 3.05) is 13.2 Å². The third kappa shape index (κ3) is 6.82. The first-order valence-corrected chi connectivity index (χ1v) is 12.5. The first-order valence-electron chi connectivity index (χ1n) is 10.9. The number of aryl methyl sites for hydroxylation is 1. The number of hydrogen-bond acceptors (Lipinski definition) is 4. The summed E-state index contributed by atoms with van der Waals surface area (Å²) in [6.07, 6.45) is 8.14. The zero-order valence-corrected chi connectivity index (χ0v) is 20.4. The summed E-state index contributed by atoms with van der Waals surface area (Å²) in [5.74, 6) is 1.60. The number of carbonyl (C=O) groups excluding carboxylic acids is 1. The van der Waals surface area contributed by atoms with Gasteiger partial charge in [0.25, 0.3) is 0 Å². The number of allylic oxidation sites excluding steroid dienone is 2. The zero-order chi connectivity index (χ0) is 22.4. The van der Waals surface area contributed by atoms with Crippen molar-refractivity contribution < 1.29 is 14.6 Å². The van der Waals surface area contributed by atoms with Gasteiger partial charge in [0.15, 0.2) is 0 Å². The SMILES string of the molecule is C/C(=C\[C@H]1CC[C@@H](C)[C@@H]1CCCc1ccc(C(=O)OCCO)s1)c1cc(Cl)cc(Cl)c1. The summed E-state index contributed by atoms with van der Waals surface area (Å²) in [5, 5.41) is 10.1. The van der Waals surface area contributed by atoms with Crippen molar-refractivity contribution in [1.82, 2.24) is 0 Å². The Hall–Kier alpha value is -1.33. The molecule has 0 aliphatic heterocycles. The predicted octanol–water partition coefficient (Wildman–Crippen LogP) is 7.29. The van der Waals surface area contributed by atoms with Crippen LogP contribution in [-0.2, 0) is 11.2 Å². The number of rotatable bonds is 9. The van der Waals surface area contributed by atoms with Crippen LogP contribution in [0.15, 0.2) is 36.4 Å². The number of esters is 1. The number of hydrogen-bond donors (Lipinski definition) is 1. The molecule has 1 N–H and O–H groups in total. The van der Waals surface area contributed by atoms with Gasteiger partial charge >= 0.3 is 5.97 Å². The van der Waals surface area contributed by atoms with Gasteiger partial charge in [-0.1, -0.05) is 36.2 Å². The van der Waals surface area contributed by atoms with Crippen LogP contribution in [0.4, 0.5) is 0 Å². The molecule has 0 unspecified atom stereocenters. The molecule has 0 spiro atoms. The molecule has 6 heteroatoms. The Kier molecular flexibility index (Phi) is 9.03. The molecule has 3 atom stereocenters. The van der Waals surface area contributed by atoms with Gasteiger partial charge in [-0.25, -0.2) is 4.79 Å². The number of benzene rings is 1. The van der Waals surface area contributed by atoms with Crippen molar-refractivity contribution in [1.29, 1.82) is 0 Å². The highest BCUT2D eigenvalue weighted by atomic mass is 35.5. The smallest absolute Gasteiger partial charge is 0.348 e. The van der Waals surface area contributed by atoms with E-state index in [1.807, 2.05) is 24.3 Å². The molecule has 1 fully saturated rings. The minimum Gasteiger partial charge on any atom is -0.459 e. The summed E-state index contributed by atoms with van der Waals surface area (Å²) in [6.45, 7) is 4.40. The second-order valence-corrected chi connectivity index (χ2v) is 10.4. The van der Waals surface area contributed by atoms with Crippen LogP contribution in [0.3, 0.4) is 0 Å². The maximum Gasteiger partial charge on any atom is 0.348 e. The van der Waals surface area contributed by atoms with E-state index in [-0.39, 0.29) is 19.2 Å². The molecule has 1 saturated carbocycles. The fraction of sp³-hybridized carbons (Fsp3) is 0.480. The average Bonchev–Trinajstić information content (AvgIpc) is 3.33. The van der Waals surface area contributed by atoms with Crippen molar-refractivity contribution in [3.63, 3.8) is 0 Å². The monoisotopic (exact) mass is 480 g/mol. The predicted molar refractivity (Wildman–Crippen MR) is 130 cm³/mol. The van der Waals surface area contributed by atoms with E-state index < -0.39 is 0 Å². The van der Waals surface area contributed by atoms with Crippen LogP contribution < -0.4 is 0 Å². The third-order valence-corrected chi connectivity index (χ3v) is 7.73. The highest BCUT2D eigenvalue weighted by Crippen LogP contribution is 2.42. The summed E-state index contributed by atoms with van der Waals surface area (Å²) >= 11 is 13.9. The van der Waals surface area contributed by atoms with E-state index in [0.29, 0.717) is 32.7 Å². The highest BCUT2D eigenvalue weighted by molar-refractivity contribution is 7.13. The zero-order valence-electron chi connectivity index (χ0n) is 18.1. The van der Waals surface area contributed by atoms with Gasteiger partial charge in [-0.15, -0.1) is 11.3 Å². The quantitative estimate of drug-likeness (QED) is 0.383. The maximum atomic E-state index is 11.9. The van der Waals surface area contributed by atoms with Gasteiger partial charge in [0.05, 0.1) is 6.61 Å². The lowest BCUT2D eigenvalue weighted by molar-refractivity contribution is 0.0439. The molecular weight excluding hydrogens is 451 g/mol. The van der Waals surface area contributed by atoms with Gasteiger partial charge in [-0.2, -0.15) is 0 Å². The van der Waals surface area contributed by atoms with Gasteiger partial charge in [0, 0.05) is 14.9 Å². The Morgan fingerprint density at radius 1 is 1.23 bits per heavy atom. The van der Waals surface area contributed by atoms with Gasteiger partial charge in [0.2, 0.25) is 0 Å². The molecular formula is C25H30Cl2O3S. The molecule has 1 aromatic carbocycles. The van der Waals surface area contributed by atoms with Gasteiger partial charge in [-0.3, -0.25) is 0 Å². The summed E-state index contributed by atoms with van der Waals surface area (Å²) < 4.78 is 4.99. The van der Waals surface area contributed by atoms with Gasteiger partial charge in [0.1, 0.15) is 11.5 Å². The van der Waals surface area contributed by atoms with E-state index in [9.17, 15) is 4.79 Å². The molecule has 0 radical (unpaired) electrons. The lowest BCUT2D eigenvalue weighted by Crippen LogP contribution is -2.12. The molecule has 3 rings (SSSR count). The molecule has 1 aliphatic carbocycles. The molecule has 1 aromatic heterocycles. The van der Waals surface area contributed by atoms with E-state index in [1.54, 1.807) is 6.07 Å². The Morgan fingerprint density at radius 3 is 2.68 bits per heavy atom. The topological polar surface area (TPSA) is 46.5 Å². The lowest BCUT2D eigenvalue weighted by atomic mass is 9.84. The number of aliphatic hydroxyl groups excluding tert-OH is 1. The van der Waals surface area contributed by atoms with Crippen molar-refractivity contribution >= 4 is 46.1 Å². The summed E-state index contributed by atoms with van der Waals surface area (Å²) in [7, 11) is 0. The molecule has 3 nitrogen and oxygen atoms in total. The number of aliphatic hydroxyl groups is 1. The first-order chi connectivity index (χ1) is 14.9. The number of thiophene rings is 1. The molecule has 0 bridgehead atoms. The number of carbonyl (C=O) groups is 1. The van der Waals surface area contributed by atoms with Crippen LogP contribution in [0, 0.1) is 17.8 Å². The van der Waals surface area contributed by atoms with Crippen molar-refractivity contribution in [3.8, 4) is 0 Å². The van der Waals surface area contributed by atoms with E-state index >= 15 is 0 Å². The molecule has 31 heavy (non-hydrogen) atoms. The van der Waals surface area contributed by atoms with Gasteiger partial charge in [-0.05, 0) is 98.2 Å². The number of halogens is 2. The van der Waals surface area contributed by atoms with Crippen molar-refractivity contribution in [2.24, 2.45) is 17.8 Å². The maximum absolute atomic E-state index is 11.9. The summed E-state index contributed by atoms with van der Waals surface area (Å²) in [4.78, 5) is 13.7. The van der Waals surface area contributed by atoms with Crippen LogP contribution >= 0.6 is 34.5 Å². The highest BCUT2D eigenvalue weighted by Gasteiger charge is 2.31. The lowest BCUT2D eigenvalue weighted by Gasteiger charge is -2.21. The molecule has 2 aromatic rings. The second kappa shape index (κ2) is 11.5. The van der Waals surface area contributed by atoms with E-state index in [2.05, 4.69) is 19.9 Å². The minimum atomic E-state index is -0.350. The number of ether oxygens (including phenoxy) is 1.